The number of halogens is 4. The Bertz CT molecular complexity index is 958. The first-order valence-electron chi connectivity index (χ1n) is 8.90. The molecule has 4 nitrogen and oxygen atoms in total. The predicted molar refractivity (Wildman–Crippen MR) is 94.8 cm³/mol. The monoisotopic (exact) mass is 378 g/mol. The Morgan fingerprint density at radius 3 is 2.56 bits per heavy atom. The van der Waals surface area contributed by atoms with E-state index in [0.717, 1.165) is 37.8 Å². The molecule has 27 heavy (non-hydrogen) atoms. The van der Waals surface area contributed by atoms with Crippen LogP contribution in [0.4, 0.5) is 23.4 Å². The lowest BCUT2D eigenvalue weighted by atomic mass is 9.95. The van der Waals surface area contributed by atoms with Gasteiger partial charge in [0.05, 0.1) is 16.5 Å². The van der Waals surface area contributed by atoms with Gasteiger partial charge in [-0.25, -0.2) is 9.37 Å². The van der Waals surface area contributed by atoms with E-state index in [9.17, 15) is 17.6 Å². The highest BCUT2D eigenvalue weighted by Crippen LogP contribution is 2.36. The summed E-state index contributed by atoms with van der Waals surface area (Å²) in [6.45, 7) is 0. The molecule has 4 rings (SSSR count). The van der Waals surface area contributed by atoms with Crippen LogP contribution in [0, 0.1) is 5.82 Å². The van der Waals surface area contributed by atoms with Crippen LogP contribution < -0.4 is 5.32 Å². The van der Waals surface area contributed by atoms with Crippen LogP contribution in [-0.2, 0) is 6.18 Å². The maximum absolute atomic E-state index is 14.5. The van der Waals surface area contributed by atoms with Crippen molar-refractivity contribution in [3.05, 3.63) is 41.8 Å². The molecule has 1 aromatic carbocycles. The van der Waals surface area contributed by atoms with E-state index in [2.05, 4.69) is 20.5 Å². The van der Waals surface area contributed by atoms with Crippen LogP contribution in [0.25, 0.3) is 22.2 Å². The van der Waals surface area contributed by atoms with E-state index in [-0.39, 0.29) is 17.3 Å². The fraction of sp³-hybridized carbons (Fsp3) is 0.368. The lowest BCUT2D eigenvalue weighted by molar-refractivity contribution is -0.137. The molecule has 1 saturated carbocycles. The van der Waals surface area contributed by atoms with Gasteiger partial charge in [-0.05, 0) is 37.1 Å². The van der Waals surface area contributed by atoms with Crippen molar-refractivity contribution in [2.24, 2.45) is 0 Å². The Morgan fingerprint density at radius 2 is 1.85 bits per heavy atom. The molecule has 0 unspecified atom stereocenters. The van der Waals surface area contributed by atoms with E-state index in [1.165, 1.54) is 6.42 Å². The van der Waals surface area contributed by atoms with Gasteiger partial charge in [0, 0.05) is 17.8 Å². The molecular weight excluding hydrogens is 360 g/mol. The minimum absolute atomic E-state index is 0.00828. The number of rotatable bonds is 3. The molecule has 0 radical (unpaired) electrons. The molecule has 1 aliphatic carbocycles. The number of hydrogen-bond donors (Lipinski definition) is 2. The number of nitrogens with one attached hydrogen (secondary N) is 2. The summed E-state index contributed by atoms with van der Waals surface area (Å²) >= 11 is 0. The molecule has 142 valence electrons. The zero-order chi connectivity index (χ0) is 19.0. The second-order valence-electron chi connectivity index (χ2n) is 6.83. The molecule has 0 atom stereocenters. The lowest BCUT2D eigenvalue weighted by Gasteiger charge is -2.23. The van der Waals surface area contributed by atoms with Gasteiger partial charge in [-0.3, -0.25) is 5.10 Å². The second kappa shape index (κ2) is 6.83. The van der Waals surface area contributed by atoms with Crippen molar-refractivity contribution in [3.8, 4) is 11.3 Å². The number of H-pyrrole nitrogens is 1. The molecule has 8 heteroatoms. The molecule has 0 aliphatic heterocycles. The van der Waals surface area contributed by atoms with Crippen LogP contribution in [0.15, 0.2) is 30.5 Å². The van der Waals surface area contributed by atoms with Gasteiger partial charge in [-0.15, -0.1) is 0 Å². The number of alkyl halides is 3. The van der Waals surface area contributed by atoms with E-state index in [4.69, 9.17) is 0 Å². The predicted octanol–water partition coefficient (Wildman–Crippen LogP) is 5.53. The number of fused-ring (bicyclic) bond motifs is 1. The molecule has 0 saturated heterocycles. The van der Waals surface area contributed by atoms with Crippen LogP contribution in [0.5, 0.6) is 0 Å². The quantitative estimate of drug-likeness (QED) is 0.590. The summed E-state index contributed by atoms with van der Waals surface area (Å²) in [5.74, 6) is -0.395. The lowest BCUT2D eigenvalue weighted by Crippen LogP contribution is -2.22. The van der Waals surface area contributed by atoms with Gasteiger partial charge in [0.15, 0.2) is 0 Å². The molecule has 0 bridgehead atoms. The average molecular weight is 378 g/mol. The first-order chi connectivity index (χ1) is 12.9. The Kier molecular flexibility index (Phi) is 4.49. The molecule has 1 fully saturated rings. The normalized spacial score (nSPS) is 16.0. The zero-order valence-corrected chi connectivity index (χ0v) is 14.4. The maximum Gasteiger partial charge on any atom is 0.416 e. The van der Waals surface area contributed by atoms with E-state index < -0.39 is 17.6 Å². The fourth-order valence-corrected chi connectivity index (χ4v) is 3.59. The summed E-state index contributed by atoms with van der Waals surface area (Å²) in [7, 11) is 0. The van der Waals surface area contributed by atoms with Crippen molar-refractivity contribution in [2.45, 2.75) is 44.3 Å². The van der Waals surface area contributed by atoms with E-state index in [0.29, 0.717) is 22.8 Å². The second-order valence-corrected chi connectivity index (χ2v) is 6.83. The topological polar surface area (TPSA) is 53.6 Å². The van der Waals surface area contributed by atoms with Crippen molar-refractivity contribution in [2.75, 3.05) is 5.32 Å². The molecule has 0 spiro atoms. The van der Waals surface area contributed by atoms with Gasteiger partial charge in [0.1, 0.15) is 17.3 Å². The van der Waals surface area contributed by atoms with Gasteiger partial charge in [0.25, 0.3) is 0 Å². The van der Waals surface area contributed by atoms with Crippen LogP contribution >= 0.6 is 0 Å². The Balaban J connectivity index is 1.76. The van der Waals surface area contributed by atoms with Crippen LogP contribution in [-0.4, -0.2) is 21.2 Å². The SMILES string of the molecule is Fc1cc(C(F)(F)F)ccc1-c1n[nH]c2ccnc(NC3CCCCC3)c12. The summed E-state index contributed by atoms with van der Waals surface area (Å²) in [5, 5.41) is 10.9. The smallest absolute Gasteiger partial charge is 0.367 e. The fourth-order valence-electron chi connectivity index (χ4n) is 3.59. The van der Waals surface area contributed by atoms with Gasteiger partial charge in [-0.1, -0.05) is 19.3 Å². The first kappa shape index (κ1) is 17.8. The number of hydrogen-bond acceptors (Lipinski definition) is 3. The third-order valence-corrected chi connectivity index (χ3v) is 4.97. The summed E-state index contributed by atoms with van der Waals surface area (Å²) in [6.07, 6.45) is 2.57. The number of aromatic nitrogens is 3. The van der Waals surface area contributed by atoms with Crippen molar-refractivity contribution in [1.29, 1.82) is 0 Å². The van der Waals surface area contributed by atoms with Crippen LogP contribution in [0.2, 0.25) is 0 Å². The summed E-state index contributed by atoms with van der Waals surface area (Å²) < 4.78 is 52.9. The standard InChI is InChI=1S/C19H18F4N4/c20-14-10-11(19(21,22)23)6-7-13(14)17-16-15(26-27-17)8-9-24-18(16)25-12-4-2-1-3-5-12/h6-10,12H,1-5H2,(H,24,25)(H,26,27). The van der Waals surface area contributed by atoms with Gasteiger partial charge < -0.3 is 5.32 Å². The average Bonchev–Trinajstić information content (AvgIpc) is 3.07. The minimum Gasteiger partial charge on any atom is -0.367 e. The van der Waals surface area contributed by atoms with Crippen LogP contribution in [0.1, 0.15) is 37.7 Å². The molecule has 2 aromatic heterocycles. The maximum atomic E-state index is 14.5. The molecule has 3 aromatic rings. The van der Waals surface area contributed by atoms with E-state index >= 15 is 0 Å². The molecule has 2 N–H and O–H groups in total. The summed E-state index contributed by atoms with van der Waals surface area (Å²) in [4.78, 5) is 4.37. The third-order valence-electron chi connectivity index (χ3n) is 4.97. The van der Waals surface area contributed by atoms with Crippen molar-refractivity contribution < 1.29 is 17.6 Å². The van der Waals surface area contributed by atoms with Crippen molar-refractivity contribution >= 4 is 16.7 Å². The van der Waals surface area contributed by atoms with Gasteiger partial charge >= 0.3 is 6.18 Å². The van der Waals surface area contributed by atoms with Gasteiger partial charge in [-0.2, -0.15) is 18.3 Å². The number of nitrogens with zero attached hydrogens (tertiary/aromatic N) is 2. The Hall–Kier alpha value is -2.64. The number of aromatic amines is 1. The van der Waals surface area contributed by atoms with Crippen LogP contribution in [0.3, 0.4) is 0 Å². The van der Waals surface area contributed by atoms with E-state index in [1.807, 2.05) is 0 Å². The number of pyridine rings is 1. The van der Waals surface area contributed by atoms with Crippen molar-refractivity contribution in [3.63, 3.8) is 0 Å². The molecule has 2 heterocycles. The largest absolute Gasteiger partial charge is 0.416 e. The first-order valence-corrected chi connectivity index (χ1v) is 8.90. The number of anilines is 1. The van der Waals surface area contributed by atoms with Crippen molar-refractivity contribution in [1.82, 2.24) is 15.2 Å². The third kappa shape index (κ3) is 3.48. The summed E-state index contributed by atoms with van der Waals surface area (Å²) in [6, 6.07) is 4.46. The van der Waals surface area contributed by atoms with Gasteiger partial charge in [0.2, 0.25) is 0 Å². The van der Waals surface area contributed by atoms with E-state index in [1.54, 1.807) is 12.3 Å². The minimum atomic E-state index is -4.59. The Morgan fingerprint density at radius 1 is 1.07 bits per heavy atom. The highest BCUT2D eigenvalue weighted by atomic mass is 19.4. The highest BCUT2D eigenvalue weighted by molar-refractivity contribution is 6.00. The molecule has 1 aliphatic rings. The zero-order valence-electron chi connectivity index (χ0n) is 14.4. The number of benzene rings is 1. The summed E-state index contributed by atoms with van der Waals surface area (Å²) in [5.41, 5.74) is -0.114. The highest BCUT2D eigenvalue weighted by Gasteiger charge is 2.31. The Labute approximate surface area is 153 Å². The molecule has 0 amide bonds. The molecular formula is C19H18F4N4.